The second kappa shape index (κ2) is 8.03. The molecule has 29 heavy (non-hydrogen) atoms. The molecule has 6 heteroatoms. The highest BCUT2D eigenvalue weighted by Crippen LogP contribution is 2.63. The summed E-state index contributed by atoms with van der Waals surface area (Å²) in [6.45, 7) is 7.94. The highest BCUT2D eigenvalue weighted by atomic mass is 16.6. The lowest BCUT2D eigenvalue weighted by molar-refractivity contribution is -0.226. The van der Waals surface area contributed by atoms with Crippen LogP contribution in [-0.4, -0.2) is 46.6 Å². The van der Waals surface area contributed by atoms with Crippen LogP contribution in [0.2, 0.25) is 0 Å². The molecule has 5 atom stereocenters. The van der Waals surface area contributed by atoms with Gasteiger partial charge in [-0.2, -0.15) is 0 Å². The van der Waals surface area contributed by atoms with Crippen LogP contribution in [-0.2, 0) is 19.1 Å². The lowest BCUT2D eigenvalue weighted by Crippen LogP contribution is -2.68. The summed E-state index contributed by atoms with van der Waals surface area (Å²) in [4.78, 5) is 24.9. The van der Waals surface area contributed by atoms with E-state index in [9.17, 15) is 19.8 Å². The number of rotatable bonds is 7. The summed E-state index contributed by atoms with van der Waals surface area (Å²) in [5, 5.41) is 22.5. The molecule has 0 aromatic heterocycles. The molecule has 0 amide bonds. The van der Waals surface area contributed by atoms with Gasteiger partial charge in [-0.3, -0.25) is 4.79 Å². The quantitative estimate of drug-likeness (QED) is 0.496. The fraction of sp³-hybridized carbons (Fsp3) is 0.826. The van der Waals surface area contributed by atoms with Gasteiger partial charge in [0.25, 0.3) is 0 Å². The molecule has 0 bridgehead atoms. The second-order valence-corrected chi connectivity index (χ2v) is 9.94. The van der Waals surface area contributed by atoms with Crippen molar-refractivity contribution in [2.24, 2.45) is 16.7 Å². The van der Waals surface area contributed by atoms with Crippen molar-refractivity contribution in [1.82, 2.24) is 0 Å². The highest BCUT2D eigenvalue weighted by molar-refractivity contribution is 5.94. The Balaban J connectivity index is 1.87. The highest BCUT2D eigenvalue weighted by Gasteiger charge is 2.70. The van der Waals surface area contributed by atoms with Crippen LogP contribution < -0.4 is 0 Å². The van der Waals surface area contributed by atoms with Gasteiger partial charge in [0.15, 0.2) is 0 Å². The Hall–Kier alpha value is -1.40. The van der Waals surface area contributed by atoms with E-state index in [4.69, 9.17) is 9.47 Å². The fourth-order valence-corrected chi connectivity index (χ4v) is 5.89. The number of fused-ring (bicyclic) bond motifs is 3. The molecule has 3 aliphatic rings. The van der Waals surface area contributed by atoms with Gasteiger partial charge in [-0.1, -0.05) is 53.4 Å². The predicted molar refractivity (Wildman–Crippen MR) is 108 cm³/mol. The van der Waals surface area contributed by atoms with Crippen LogP contribution in [0.3, 0.4) is 0 Å². The minimum Gasteiger partial charge on any atom is -0.459 e. The molecule has 0 radical (unpaired) electrons. The van der Waals surface area contributed by atoms with Crippen molar-refractivity contribution >= 4 is 11.9 Å². The van der Waals surface area contributed by atoms with E-state index in [1.807, 2.05) is 6.92 Å². The minimum absolute atomic E-state index is 0.119. The number of carbonyl (C=O) groups excluding carboxylic acids is 2. The third-order valence-electron chi connectivity index (χ3n) is 7.62. The van der Waals surface area contributed by atoms with Crippen LogP contribution in [0.4, 0.5) is 0 Å². The summed E-state index contributed by atoms with van der Waals surface area (Å²) >= 11 is 0. The van der Waals surface area contributed by atoms with Gasteiger partial charge in [0, 0.05) is 17.8 Å². The van der Waals surface area contributed by atoms with Crippen molar-refractivity contribution in [1.29, 1.82) is 0 Å². The van der Waals surface area contributed by atoms with Gasteiger partial charge >= 0.3 is 11.9 Å². The van der Waals surface area contributed by atoms with Crippen molar-refractivity contribution in [2.75, 3.05) is 6.61 Å². The van der Waals surface area contributed by atoms with E-state index in [0.29, 0.717) is 12.8 Å². The molecule has 0 aromatic rings. The Morgan fingerprint density at radius 1 is 1.24 bits per heavy atom. The summed E-state index contributed by atoms with van der Waals surface area (Å²) in [5.41, 5.74) is -2.79. The number of hydrogen-bond acceptors (Lipinski definition) is 6. The summed E-state index contributed by atoms with van der Waals surface area (Å²) in [7, 11) is 0. The Bertz CT molecular complexity index is 683. The lowest BCUT2D eigenvalue weighted by Gasteiger charge is -2.61. The number of cyclic esters (lactones) is 1. The number of unbranched alkanes of at least 4 members (excludes halogenated alkanes) is 4. The largest absolute Gasteiger partial charge is 0.459 e. The van der Waals surface area contributed by atoms with Crippen LogP contribution in [0.5, 0.6) is 0 Å². The van der Waals surface area contributed by atoms with Gasteiger partial charge in [-0.05, 0) is 30.8 Å². The Kier molecular flexibility index (Phi) is 6.17. The van der Waals surface area contributed by atoms with Crippen LogP contribution in [0.15, 0.2) is 11.6 Å². The number of aliphatic hydroxyl groups excluding tert-OH is 1. The van der Waals surface area contributed by atoms with Gasteiger partial charge in [0.05, 0.1) is 11.7 Å². The average Bonchev–Trinajstić information content (AvgIpc) is 2.95. The maximum absolute atomic E-state index is 12.6. The monoisotopic (exact) mass is 408 g/mol. The number of ether oxygens (including phenoxy) is 2. The first-order valence-corrected chi connectivity index (χ1v) is 11.1. The van der Waals surface area contributed by atoms with E-state index in [1.54, 1.807) is 6.08 Å². The smallest absolute Gasteiger partial charge is 0.337 e. The molecule has 1 heterocycles. The van der Waals surface area contributed by atoms with E-state index in [1.165, 1.54) is 0 Å². The Morgan fingerprint density at radius 3 is 2.62 bits per heavy atom. The van der Waals surface area contributed by atoms with Crippen molar-refractivity contribution in [3.8, 4) is 0 Å². The summed E-state index contributed by atoms with van der Waals surface area (Å²) < 4.78 is 11.1. The molecular formula is C23H36O6. The maximum atomic E-state index is 12.6. The SMILES string of the molecule is CCCCCCCC(=O)O[C@@H]1C=C2C(=O)OC[C@]2(O)[C@@]2(C)[C@H](O)CCC(C)(C)[C@H]12. The topological polar surface area (TPSA) is 93.1 Å². The molecule has 1 saturated carbocycles. The Labute approximate surface area is 173 Å². The van der Waals surface area contributed by atoms with Crippen LogP contribution in [0.25, 0.3) is 0 Å². The molecule has 2 N–H and O–H groups in total. The molecule has 0 unspecified atom stereocenters. The third kappa shape index (κ3) is 3.63. The zero-order valence-corrected chi connectivity index (χ0v) is 18.2. The molecule has 0 spiro atoms. The Morgan fingerprint density at radius 2 is 1.93 bits per heavy atom. The summed E-state index contributed by atoms with van der Waals surface area (Å²) in [6.07, 6.45) is 6.88. The van der Waals surface area contributed by atoms with Crippen molar-refractivity contribution in [3.63, 3.8) is 0 Å². The molecule has 2 fully saturated rings. The summed E-state index contributed by atoms with van der Waals surface area (Å²) in [6, 6.07) is 0. The van der Waals surface area contributed by atoms with Gasteiger partial charge in [0.2, 0.25) is 0 Å². The maximum Gasteiger partial charge on any atom is 0.337 e. The minimum atomic E-state index is -1.57. The van der Waals surface area contributed by atoms with E-state index < -0.39 is 29.2 Å². The molecule has 164 valence electrons. The first kappa shape index (κ1) is 22.3. The molecule has 1 aliphatic heterocycles. The summed E-state index contributed by atoms with van der Waals surface area (Å²) in [5.74, 6) is -1.22. The average molecular weight is 409 g/mol. The second-order valence-electron chi connectivity index (χ2n) is 9.94. The molecule has 0 aromatic carbocycles. The standard InChI is InChI=1S/C23H36O6/c1-5-6-7-8-9-10-18(25)29-16-13-15-20(26)28-14-23(15,27)22(4)17(24)11-12-21(2,3)19(16)22/h13,16-17,19,24,27H,5-12,14H2,1-4H3/t16-,17-,19+,22+,23-/m1/s1. The first-order valence-electron chi connectivity index (χ1n) is 11.1. The van der Waals surface area contributed by atoms with Crippen molar-refractivity contribution < 1.29 is 29.3 Å². The number of aliphatic hydroxyl groups is 2. The zero-order chi connectivity index (χ0) is 21.4. The van der Waals surface area contributed by atoms with E-state index in [2.05, 4.69) is 20.8 Å². The molecule has 6 nitrogen and oxygen atoms in total. The predicted octanol–water partition coefficient (Wildman–Crippen LogP) is 3.29. The fourth-order valence-electron chi connectivity index (χ4n) is 5.89. The van der Waals surface area contributed by atoms with Gasteiger partial charge < -0.3 is 19.7 Å². The van der Waals surface area contributed by atoms with E-state index in [-0.39, 0.29) is 29.5 Å². The number of carbonyl (C=O) groups is 2. The molecule has 2 aliphatic carbocycles. The van der Waals surface area contributed by atoms with Gasteiger partial charge in [-0.25, -0.2) is 4.79 Å². The molecule has 3 rings (SSSR count). The van der Waals surface area contributed by atoms with Crippen molar-refractivity contribution in [3.05, 3.63) is 11.6 Å². The van der Waals surface area contributed by atoms with Crippen LogP contribution in [0.1, 0.15) is 79.1 Å². The molecular weight excluding hydrogens is 372 g/mol. The van der Waals surface area contributed by atoms with Gasteiger partial charge in [0.1, 0.15) is 18.3 Å². The van der Waals surface area contributed by atoms with E-state index >= 15 is 0 Å². The number of esters is 2. The third-order valence-corrected chi connectivity index (χ3v) is 7.62. The molecule has 1 saturated heterocycles. The zero-order valence-electron chi connectivity index (χ0n) is 18.2. The van der Waals surface area contributed by atoms with Crippen LogP contribution >= 0.6 is 0 Å². The lowest BCUT2D eigenvalue weighted by atomic mass is 9.45. The normalized spacial score (nSPS) is 37.9. The van der Waals surface area contributed by atoms with Gasteiger partial charge in [-0.15, -0.1) is 0 Å². The number of hydrogen-bond donors (Lipinski definition) is 2. The van der Waals surface area contributed by atoms with Crippen LogP contribution in [0, 0.1) is 16.7 Å². The van der Waals surface area contributed by atoms with E-state index in [0.717, 1.165) is 38.5 Å². The first-order chi connectivity index (χ1) is 13.6. The van der Waals surface area contributed by atoms with Crippen molar-refractivity contribution in [2.45, 2.75) is 96.9 Å².